The second kappa shape index (κ2) is 6.63. The Morgan fingerprint density at radius 2 is 1.42 bits per heavy atom. The maximum absolute atomic E-state index is 4.67. The molecule has 2 heterocycles. The van der Waals surface area contributed by atoms with E-state index in [-0.39, 0.29) is 0 Å². The lowest BCUT2D eigenvalue weighted by atomic mass is 10.0. The van der Waals surface area contributed by atoms with Crippen molar-refractivity contribution in [1.29, 1.82) is 0 Å². The molecule has 0 radical (unpaired) electrons. The first-order chi connectivity index (χ1) is 11.8. The first-order valence-corrected chi connectivity index (χ1v) is 9.05. The zero-order valence-electron chi connectivity index (χ0n) is 12.6. The third-order valence-corrected chi connectivity index (χ3v) is 5.04. The molecule has 0 saturated carbocycles. The van der Waals surface area contributed by atoms with E-state index >= 15 is 0 Å². The molecular weight excluding hydrogens is 382 g/mol. The summed E-state index contributed by atoms with van der Waals surface area (Å²) in [5.41, 5.74) is 5.25. The number of aromatic nitrogens is 3. The lowest BCUT2D eigenvalue weighted by Gasteiger charge is -2.03. The van der Waals surface area contributed by atoms with E-state index in [0.717, 1.165) is 26.4 Å². The van der Waals surface area contributed by atoms with Crippen LogP contribution in [0.5, 0.6) is 0 Å². The molecule has 0 N–H and O–H groups in total. The van der Waals surface area contributed by atoms with E-state index in [0.29, 0.717) is 0 Å². The number of thiazole rings is 1. The summed E-state index contributed by atoms with van der Waals surface area (Å²) in [6.45, 7) is 0. The van der Waals surface area contributed by atoms with Crippen molar-refractivity contribution in [1.82, 2.24) is 15.0 Å². The van der Waals surface area contributed by atoms with E-state index in [1.807, 2.05) is 0 Å². The predicted octanol–water partition coefficient (Wildman–Crippen LogP) is 5.70. The number of nitrogens with zero attached hydrogens (tertiary/aromatic N) is 3. The lowest BCUT2D eigenvalue weighted by molar-refractivity contribution is 1.19. The van der Waals surface area contributed by atoms with Gasteiger partial charge in [-0.05, 0) is 23.3 Å². The van der Waals surface area contributed by atoms with Crippen LogP contribution in [-0.2, 0) is 0 Å². The Hall–Kier alpha value is -2.37. The SMILES string of the molecule is Brc1ccc(-c2ccc(-c3csc(-c4cnccn4)n3)cc2)cc1. The quantitative estimate of drug-likeness (QED) is 0.448. The van der Waals surface area contributed by atoms with Gasteiger partial charge in [0.25, 0.3) is 0 Å². The summed E-state index contributed by atoms with van der Waals surface area (Å²) in [4.78, 5) is 13.1. The minimum absolute atomic E-state index is 0.806. The number of rotatable bonds is 3. The number of benzene rings is 2. The molecule has 24 heavy (non-hydrogen) atoms. The average molecular weight is 394 g/mol. The molecule has 2 aromatic carbocycles. The van der Waals surface area contributed by atoms with Crippen LogP contribution in [-0.4, -0.2) is 15.0 Å². The molecule has 0 aliphatic carbocycles. The first-order valence-electron chi connectivity index (χ1n) is 7.38. The van der Waals surface area contributed by atoms with Crippen molar-refractivity contribution in [3.05, 3.63) is 77.0 Å². The van der Waals surface area contributed by atoms with Gasteiger partial charge >= 0.3 is 0 Å². The third-order valence-electron chi connectivity index (χ3n) is 3.64. The van der Waals surface area contributed by atoms with E-state index in [2.05, 4.69) is 84.8 Å². The molecule has 116 valence electrons. The van der Waals surface area contributed by atoms with Gasteiger partial charge in [-0.1, -0.05) is 52.3 Å². The van der Waals surface area contributed by atoms with Crippen LogP contribution in [0.1, 0.15) is 0 Å². The van der Waals surface area contributed by atoms with Crippen molar-refractivity contribution in [2.45, 2.75) is 0 Å². The Kier molecular flexibility index (Phi) is 4.19. The monoisotopic (exact) mass is 393 g/mol. The van der Waals surface area contributed by atoms with Crippen molar-refractivity contribution < 1.29 is 0 Å². The Morgan fingerprint density at radius 1 is 0.750 bits per heavy atom. The molecule has 0 bridgehead atoms. The van der Waals surface area contributed by atoms with E-state index in [4.69, 9.17) is 0 Å². The number of hydrogen-bond donors (Lipinski definition) is 0. The molecule has 4 rings (SSSR count). The molecule has 0 fully saturated rings. The molecule has 4 aromatic rings. The van der Waals surface area contributed by atoms with Crippen LogP contribution in [0, 0.1) is 0 Å². The smallest absolute Gasteiger partial charge is 0.144 e. The Bertz CT molecular complexity index is 948. The van der Waals surface area contributed by atoms with Crippen molar-refractivity contribution in [2.24, 2.45) is 0 Å². The summed E-state index contributed by atoms with van der Waals surface area (Å²) in [6.07, 6.45) is 5.08. The molecule has 5 heteroatoms. The highest BCUT2D eigenvalue weighted by Gasteiger charge is 2.08. The van der Waals surface area contributed by atoms with Crippen LogP contribution in [0.25, 0.3) is 33.1 Å². The molecule has 3 nitrogen and oxygen atoms in total. The molecule has 0 aliphatic rings. The fourth-order valence-corrected chi connectivity index (χ4v) is 3.46. The molecular formula is C19H12BrN3S. The van der Waals surface area contributed by atoms with E-state index in [1.165, 1.54) is 11.1 Å². The highest BCUT2D eigenvalue weighted by Crippen LogP contribution is 2.29. The van der Waals surface area contributed by atoms with E-state index in [9.17, 15) is 0 Å². The fraction of sp³-hybridized carbons (Fsp3) is 0. The normalized spacial score (nSPS) is 10.7. The largest absolute Gasteiger partial charge is 0.261 e. The van der Waals surface area contributed by atoms with Gasteiger partial charge in [-0.15, -0.1) is 11.3 Å². The standard InChI is InChI=1S/C19H12BrN3S/c20-16-7-5-14(6-8-16)13-1-3-15(4-2-13)18-12-24-19(23-18)17-11-21-9-10-22-17/h1-12H. The fourth-order valence-electron chi connectivity index (χ4n) is 2.41. The van der Waals surface area contributed by atoms with Gasteiger partial charge in [-0.3, -0.25) is 9.97 Å². The van der Waals surface area contributed by atoms with E-state index < -0.39 is 0 Å². The summed E-state index contributed by atoms with van der Waals surface area (Å²) in [5, 5.41) is 2.94. The number of hydrogen-bond acceptors (Lipinski definition) is 4. The second-order valence-corrected chi connectivity index (χ2v) is 6.99. The Balaban J connectivity index is 1.61. The summed E-state index contributed by atoms with van der Waals surface area (Å²) in [5.74, 6) is 0. The molecule has 0 saturated heterocycles. The third kappa shape index (κ3) is 3.13. The molecule has 0 unspecified atom stereocenters. The van der Waals surface area contributed by atoms with Gasteiger partial charge in [-0.25, -0.2) is 4.98 Å². The zero-order chi connectivity index (χ0) is 16.4. The molecule has 2 aromatic heterocycles. The van der Waals surface area contributed by atoms with Gasteiger partial charge in [-0.2, -0.15) is 0 Å². The van der Waals surface area contributed by atoms with E-state index in [1.54, 1.807) is 29.9 Å². The van der Waals surface area contributed by atoms with Crippen molar-refractivity contribution >= 4 is 27.3 Å². The van der Waals surface area contributed by atoms with Crippen LogP contribution in [0.4, 0.5) is 0 Å². The van der Waals surface area contributed by atoms with Crippen molar-refractivity contribution in [2.75, 3.05) is 0 Å². The minimum atomic E-state index is 0.806. The average Bonchev–Trinajstić information content (AvgIpc) is 3.13. The maximum atomic E-state index is 4.67. The van der Waals surface area contributed by atoms with Crippen LogP contribution < -0.4 is 0 Å². The summed E-state index contributed by atoms with van der Waals surface area (Å²) >= 11 is 5.05. The predicted molar refractivity (Wildman–Crippen MR) is 102 cm³/mol. The summed E-state index contributed by atoms with van der Waals surface area (Å²) < 4.78 is 1.09. The molecule has 0 atom stereocenters. The highest BCUT2D eigenvalue weighted by molar-refractivity contribution is 9.10. The number of halogens is 1. The van der Waals surface area contributed by atoms with Gasteiger partial charge in [0.1, 0.15) is 10.7 Å². The summed E-state index contributed by atoms with van der Waals surface area (Å²) in [7, 11) is 0. The Labute approximate surface area is 152 Å². The van der Waals surface area contributed by atoms with Crippen LogP contribution in [0.2, 0.25) is 0 Å². The maximum Gasteiger partial charge on any atom is 0.144 e. The van der Waals surface area contributed by atoms with Crippen LogP contribution in [0.15, 0.2) is 77.0 Å². The van der Waals surface area contributed by atoms with Gasteiger partial charge in [0.05, 0.1) is 11.9 Å². The van der Waals surface area contributed by atoms with Gasteiger partial charge < -0.3 is 0 Å². The zero-order valence-corrected chi connectivity index (χ0v) is 15.0. The van der Waals surface area contributed by atoms with Crippen molar-refractivity contribution in [3.63, 3.8) is 0 Å². The van der Waals surface area contributed by atoms with Crippen molar-refractivity contribution in [3.8, 4) is 33.1 Å². The topological polar surface area (TPSA) is 38.7 Å². The summed E-state index contributed by atoms with van der Waals surface area (Å²) in [6, 6.07) is 16.8. The molecule has 0 spiro atoms. The second-order valence-electron chi connectivity index (χ2n) is 5.21. The van der Waals surface area contributed by atoms with Gasteiger partial charge in [0.15, 0.2) is 0 Å². The van der Waals surface area contributed by atoms with Gasteiger partial charge in [0.2, 0.25) is 0 Å². The first kappa shape index (κ1) is 15.2. The highest BCUT2D eigenvalue weighted by atomic mass is 79.9. The molecule has 0 aliphatic heterocycles. The lowest BCUT2D eigenvalue weighted by Crippen LogP contribution is -1.84. The molecule has 0 amide bonds. The van der Waals surface area contributed by atoms with Crippen LogP contribution >= 0.6 is 27.3 Å². The van der Waals surface area contributed by atoms with Gasteiger partial charge in [0, 0.05) is 27.8 Å². The van der Waals surface area contributed by atoms with Crippen LogP contribution in [0.3, 0.4) is 0 Å². The minimum Gasteiger partial charge on any atom is -0.261 e. The Morgan fingerprint density at radius 3 is 2.08 bits per heavy atom.